The van der Waals surface area contributed by atoms with Crippen LogP contribution in [0.4, 0.5) is 20.6 Å². The Morgan fingerprint density at radius 2 is 1.94 bits per heavy atom. The third kappa shape index (κ3) is 4.76. The average Bonchev–Trinajstić information content (AvgIpc) is 3.41. The molecule has 0 spiro atoms. The van der Waals surface area contributed by atoms with Crippen molar-refractivity contribution in [2.24, 2.45) is 0 Å². The van der Waals surface area contributed by atoms with Crippen molar-refractivity contribution in [2.45, 2.75) is 38.0 Å². The number of hydrogen-bond donors (Lipinski definition) is 2. The van der Waals surface area contributed by atoms with Crippen LogP contribution in [0.1, 0.15) is 19.3 Å². The summed E-state index contributed by atoms with van der Waals surface area (Å²) in [6, 6.07) is 10.3. The molecule has 0 amide bonds. The second-order valence-corrected chi connectivity index (χ2v) is 7.70. The molecule has 33 heavy (non-hydrogen) atoms. The molecule has 0 unspecified atom stereocenters. The van der Waals surface area contributed by atoms with E-state index in [-0.39, 0.29) is 23.4 Å². The number of oxazole rings is 1. The fourth-order valence-electron chi connectivity index (χ4n) is 3.91. The number of rotatable bonds is 7. The summed E-state index contributed by atoms with van der Waals surface area (Å²) in [5.41, 5.74) is 1.28. The van der Waals surface area contributed by atoms with E-state index in [1.54, 1.807) is 18.3 Å². The van der Waals surface area contributed by atoms with Gasteiger partial charge in [0.05, 0.1) is 18.1 Å². The van der Waals surface area contributed by atoms with Gasteiger partial charge in [0.15, 0.2) is 0 Å². The number of ether oxygens (including phenoxy) is 1. The molecule has 2 N–H and O–H groups in total. The zero-order valence-electron chi connectivity index (χ0n) is 17.3. The summed E-state index contributed by atoms with van der Waals surface area (Å²) < 4.78 is 36.1. The zero-order valence-corrected chi connectivity index (χ0v) is 17.3. The maximum atomic E-state index is 12.5. The minimum Gasteiger partial charge on any atom is -0.433 e. The molecule has 0 radical (unpaired) electrons. The topological polar surface area (TPSA) is 107 Å². The molecule has 11 heteroatoms. The number of pyridine rings is 3. The fraction of sp³-hybridized carbons (Fsp3) is 0.273. The van der Waals surface area contributed by atoms with Gasteiger partial charge in [0.1, 0.15) is 17.1 Å². The fourth-order valence-corrected chi connectivity index (χ4v) is 3.91. The van der Waals surface area contributed by atoms with Crippen LogP contribution in [0.15, 0.2) is 64.2 Å². The summed E-state index contributed by atoms with van der Waals surface area (Å²) in [5.74, 6) is 0.550. The summed E-state index contributed by atoms with van der Waals surface area (Å²) in [4.78, 5) is 25.0. The van der Waals surface area contributed by atoms with E-state index in [1.807, 2.05) is 12.1 Å². The molecule has 5 rings (SSSR count). The second kappa shape index (κ2) is 8.85. The van der Waals surface area contributed by atoms with Gasteiger partial charge in [-0.3, -0.25) is 9.36 Å². The Kier molecular flexibility index (Phi) is 5.59. The largest absolute Gasteiger partial charge is 0.433 e. The third-order valence-electron chi connectivity index (χ3n) is 5.41. The molecule has 0 aromatic carbocycles. The van der Waals surface area contributed by atoms with Crippen LogP contribution in [-0.2, 0) is 0 Å². The lowest BCUT2D eigenvalue weighted by molar-refractivity contribution is -0.0502. The van der Waals surface area contributed by atoms with E-state index >= 15 is 0 Å². The predicted molar refractivity (Wildman–Crippen MR) is 117 cm³/mol. The number of fused-ring (bicyclic) bond motifs is 1. The van der Waals surface area contributed by atoms with E-state index in [0.29, 0.717) is 28.8 Å². The van der Waals surface area contributed by atoms with Gasteiger partial charge >= 0.3 is 6.61 Å². The SMILES string of the molecule is O=c1ccc(OC(F)F)cn1-c1ccc(N[C@H]2CC[C@H](Nc3nc4cccnc4o3)C2)nc1. The molecule has 170 valence electrons. The first-order valence-corrected chi connectivity index (χ1v) is 10.4. The summed E-state index contributed by atoms with van der Waals surface area (Å²) in [6.07, 6.45) is 7.11. The number of nitrogens with zero attached hydrogens (tertiary/aromatic N) is 4. The molecule has 4 heterocycles. The van der Waals surface area contributed by atoms with Gasteiger partial charge in [-0.15, -0.1) is 0 Å². The van der Waals surface area contributed by atoms with E-state index in [2.05, 4.69) is 30.3 Å². The predicted octanol–water partition coefficient (Wildman–Crippen LogP) is 3.82. The van der Waals surface area contributed by atoms with Gasteiger partial charge in [-0.25, -0.2) is 9.97 Å². The first kappa shape index (κ1) is 20.9. The second-order valence-electron chi connectivity index (χ2n) is 7.70. The normalized spacial score (nSPS) is 18.0. The van der Waals surface area contributed by atoms with Crippen LogP contribution in [0.25, 0.3) is 16.9 Å². The average molecular weight is 454 g/mol. The van der Waals surface area contributed by atoms with Crippen molar-refractivity contribution >= 4 is 23.1 Å². The molecule has 0 bridgehead atoms. The monoisotopic (exact) mass is 454 g/mol. The van der Waals surface area contributed by atoms with Crippen molar-refractivity contribution in [1.82, 2.24) is 19.5 Å². The molecule has 1 fully saturated rings. The molecule has 1 saturated carbocycles. The van der Waals surface area contributed by atoms with Gasteiger partial charge in [-0.1, -0.05) is 0 Å². The highest BCUT2D eigenvalue weighted by Crippen LogP contribution is 2.26. The molecule has 2 atom stereocenters. The van der Waals surface area contributed by atoms with Crippen molar-refractivity contribution in [3.8, 4) is 11.4 Å². The zero-order chi connectivity index (χ0) is 22.8. The van der Waals surface area contributed by atoms with Gasteiger partial charge < -0.3 is 19.8 Å². The first-order valence-electron chi connectivity index (χ1n) is 10.4. The Balaban J connectivity index is 1.21. The molecule has 0 saturated heterocycles. The molecule has 4 aromatic rings. The number of hydrogen-bond acceptors (Lipinski definition) is 8. The Hall–Kier alpha value is -4.02. The molecule has 1 aliphatic carbocycles. The number of anilines is 2. The van der Waals surface area contributed by atoms with Crippen LogP contribution in [0.3, 0.4) is 0 Å². The lowest BCUT2D eigenvalue weighted by Gasteiger charge is -2.15. The maximum Gasteiger partial charge on any atom is 0.387 e. The lowest BCUT2D eigenvalue weighted by atomic mass is 10.2. The van der Waals surface area contributed by atoms with Crippen LogP contribution in [0.5, 0.6) is 5.75 Å². The Morgan fingerprint density at radius 3 is 2.70 bits per heavy atom. The highest BCUT2D eigenvalue weighted by molar-refractivity contribution is 5.69. The number of nitrogens with one attached hydrogen (secondary N) is 2. The summed E-state index contributed by atoms with van der Waals surface area (Å²) in [5, 5.41) is 6.71. The van der Waals surface area contributed by atoms with Crippen LogP contribution in [-0.4, -0.2) is 38.2 Å². The van der Waals surface area contributed by atoms with Crippen molar-refractivity contribution < 1.29 is 17.9 Å². The maximum absolute atomic E-state index is 12.5. The van der Waals surface area contributed by atoms with Gasteiger partial charge in [0.2, 0.25) is 5.71 Å². The number of alkyl halides is 2. The minimum atomic E-state index is -2.97. The molecular weight excluding hydrogens is 434 g/mol. The number of halogens is 2. The van der Waals surface area contributed by atoms with Crippen molar-refractivity contribution in [3.05, 3.63) is 65.3 Å². The quantitative estimate of drug-likeness (QED) is 0.434. The van der Waals surface area contributed by atoms with Crippen molar-refractivity contribution in [2.75, 3.05) is 10.6 Å². The van der Waals surface area contributed by atoms with E-state index in [4.69, 9.17) is 4.42 Å². The Labute approximate surface area is 186 Å². The van der Waals surface area contributed by atoms with E-state index < -0.39 is 6.61 Å². The Bertz CT molecular complexity index is 1270. The molecule has 0 aliphatic heterocycles. The first-order chi connectivity index (χ1) is 16.0. The smallest absolute Gasteiger partial charge is 0.387 e. The van der Waals surface area contributed by atoms with Crippen LogP contribution < -0.4 is 20.9 Å². The molecular formula is C22H20F2N6O3. The van der Waals surface area contributed by atoms with E-state index in [0.717, 1.165) is 19.3 Å². The molecule has 1 aliphatic rings. The molecule has 9 nitrogen and oxygen atoms in total. The number of aromatic nitrogens is 4. The molecule has 4 aromatic heterocycles. The summed E-state index contributed by atoms with van der Waals surface area (Å²) >= 11 is 0. The van der Waals surface area contributed by atoms with Crippen LogP contribution >= 0.6 is 0 Å². The minimum absolute atomic E-state index is 0.106. The van der Waals surface area contributed by atoms with E-state index in [1.165, 1.54) is 29.1 Å². The highest BCUT2D eigenvalue weighted by Gasteiger charge is 2.26. The third-order valence-corrected chi connectivity index (χ3v) is 5.41. The van der Waals surface area contributed by atoms with Gasteiger partial charge in [0, 0.05) is 24.3 Å². The lowest BCUT2D eigenvalue weighted by Crippen LogP contribution is -2.21. The van der Waals surface area contributed by atoms with Gasteiger partial charge in [0.25, 0.3) is 11.6 Å². The highest BCUT2D eigenvalue weighted by atomic mass is 19.3. The van der Waals surface area contributed by atoms with Crippen molar-refractivity contribution in [3.63, 3.8) is 0 Å². The van der Waals surface area contributed by atoms with Crippen molar-refractivity contribution in [1.29, 1.82) is 0 Å². The van der Waals surface area contributed by atoms with E-state index in [9.17, 15) is 13.6 Å². The summed E-state index contributed by atoms with van der Waals surface area (Å²) in [6.45, 7) is -2.97. The van der Waals surface area contributed by atoms with Crippen LogP contribution in [0.2, 0.25) is 0 Å². The van der Waals surface area contributed by atoms with Gasteiger partial charge in [-0.2, -0.15) is 13.8 Å². The van der Waals surface area contributed by atoms with Gasteiger partial charge in [-0.05, 0) is 49.6 Å². The summed E-state index contributed by atoms with van der Waals surface area (Å²) in [7, 11) is 0. The standard InChI is InChI=1S/C22H20F2N6O3/c23-21(24)32-16-6-8-19(31)30(12-16)15-5-7-18(26-11-15)27-13-3-4-14(10-13)28-22-29-17-2-1-9-25-20(17)33-22/h1-2,5-9,11-14,21H,3-4,10H2,(H,26,27)(H,28,29)/t13-,14-/m0/s1. The Morgan fingerprint density at radius 1 is 1.09 bits per heavy atom. The van der Waals surface area contributed by atoms with Crippen LogP contribution in [0, 0.1) is 0 Å².